The van der Waals surface area contributed by atoms with Crippen molar-refractivity contribution >= 4 is 11.4 Å². The molecule has 4 rings (SSSR count). The van der Waals surface area contributed by atoms with Gasteiger partial charge in [-0.25, -0.2) is 0 Å². The van der Waals surface area contributed by atoms with Gasteiger partial charge in [0.05, 0.1) is 40.6 Å². The molecule has 114 valence electrons. The summed E-state index contributed by atoms with van der Waals surface area (Å²) in [4.78, 5) is 1.76. The Kier molecular flexibility index (Phi) is 3.01. The molecule has 24 heavy (non-hydrogen) atoms. The van der Waals surface area contributed by atoms with Crippen molar-refractivity contribution in [2.24, 2.45) is 5.73 Å². The summed E-state index contributed by atoms with van der Waals surface area (Å²) in [5, 5.41) is 22.8. The number of anilines is 2. The smallest absolute Gasteiger partial charge is 0.131 e. The molecule has 0 bridgehead atoms. The van der Waals surface area contributed by atoms with Crippen LogP contribution in [0.5, 0.6) is 0 Å². The zero-order valence-electron chi connectivity index (χ0n) is 12.7. The molecule has 0 aliphatic carbocycles. The molecule has 5 nitrogen and oxygen atoms in total. The van der Waals surface area contributed by atoms with E-state index < -0.39 is 5.92 Å². The molecule has 2 aliphatic heterocycles. The van der Waals surface area contributed by atoms with Crippen LogP contribution in [0.25, 0.3) is 0 Å². The Bertz CT molecular complexity index is 973. The number of nitriles is 2. The predicted octanol–water partition coefficient (Wildman–Crippen LogP) is 3.14. The molecule has 2 heterocycles. The molecular formula is C19H13N5. The van der Waals surface area contributed by atoms with Crippen LogP contribution in [0.2, 0.25) is 0 Å². The van der Waals surface area contributed by atoms with Gasteiger partial charge in [-0.2, -0.15) is 10.5 Å². The SMILES string of the molecule is N#CC1=C(N)N2C(=C(C#N)[C@H]1c1ccccc1)Nc1ccccc12. The standard InChI is InChI=1S/C19H13N5/c20-10-13-17(12-6-2-1-3-7-12)14(11-21)19-23-15-8-4-5-9-16(15)24(19)18(13)22/h1-9,17,23H,22H2/t17-/m0/s1. The van der Waals surface area contributed by atoms with Crippen LogP contribution >= 0.6 is 0 Å². The fraction of sp³-hybridized carbons (Fsp3) is 0.0526. The zero-order chi connectivity index (χ0) is 16.7. The Morgan fingerprint density at radius 2 is 1.58 bits per heavy atom. The first-order chi connectivity index (χ1) is 11.8. The van der Waals surface area contributed by atoms with Gasteiger partial charge in [-0.1, -0.05) is 42.5 Å². The Labute approximate surface area is 139 Å². The molecule has 0 radical (unpaired) electrons. The second kappa shape index (κ2) is 5.19. The highest BCUT2D eigenvalue weighted by molar-refractivity contribution is 5.86. The molecule has 0 saturated heterocycles. The maximum absolute atomic E-state index is 9.80. The van der Waals surface area contributed by atoms with E-state index in [4.69, 9.17) is 5.73 Å². The number of nitrogens with zero attached hydrogens (tertiary/aromatic N) is 3. The summed E-state index contributed by atoms with van der Waals surface area (Å²) in [6.45, 7) is 0. The van der Waals surface area contributed by atoms with Crippen molar-refractivity contribution < 1.29 is 0 Å². The molecule has 1 atom stereocenters. The molecule has 0 spiro atoms. The topological polar surface area (TPSA) is 88.9 Å². The van der Waals surface area contributed by atoms with Gasteiger partial charge in [-0.15, -0.1) is 0 Å². The molecule has 0 saturated carbocycles. The van der Waals surface area contributed by atoms with Crippen LogP contribution in [-0.2, 0) is 0 Å². The van der Waals surface area contributed by atoms with Gasteiger partial charge in [-0.05, 0) is 17.7 Å². The summed E-state index contributed by atoms with van der Waals surface area (Å²) in [6.07, 6.45) is 0. The lowest BCUT2D eigenvalue weighted by Crippen LogP contribution is -2.34. The highest BCUT2D eigenvalue weighted by Gasteiger charge is 2.39. The van der Waals surface area contributed by atoms with Gasteiger partial charge in [0.2, 0.25) is 0 Å². The van der Waals surface area contributed by atoms with Crippen LogP contribution in [0.3, 0.4) is 0 Å². The van der Waals surface area contributed by atoms with E-state index in [2.05, 4.69) is 17.5 Å². The number of nitrogens with two attached hydrogens (primary N) is 1. The monoisotopic (exact) mass is 311 g/mol. The molecule has 0 aromatic heterocycles. The van der Waals surface area contributed by atoms with E-state index in [1.165, 1.54) is 0 Å². The third-order valence-corrected chi connectivity index (χ3v) is 4.34. The van der Waals surface area contributed by atoms with Crippen molar-refractivity contribution in [3.8, 4) is 12.1 Å². The first-order valence-corrected chi connectivity index (χ1v) is 7.51. The van der Waals surface area contributed by atoms with Gasteiger partial charge in [-0.3, -0.25) is 4.90 Å². The number of nitrogens with one attached hydrogen (secondary N) is 1. The summed E-state index contributed by atoms with van der Waals surface area (Å²) in [5.41, 5.74) is 9.80. The summed E-state index contributed by atoms with van der Waals surface area (Å²) in [7, 11) is 0. The number of rotatable bonds is 1. The molecule has 2 aliphatic rings. The van der Waals surface area contributed by atoms with E-state index in [1.54, 1.807) is 4.90 Å². The quantitative estimate of drug-likeness (QED) is 0.844. The van der Waals surface area contributed by atoms with E-state index in [9.17, 15) is 10.5 Å². The summed E-state index contributed by atoms with van der Waals surface area (Å²) in [5.74, 6) is 0.524. The summed E-state index contributed by atoms with van der Waals surface area (Å²) < 4.78 is 0. The second-order valence-corrected chi connectivity index (χ2v) is 5.61. The number of benzene rings is 2. The van der Waals surface area contributed by atoms with Crippen molar-refractivity contribution in [1.29, 1.82) is 10.5 Å². The lowest BCUT2D eigenvalue weighted by atomic mass is 9.83. The van der Waals surface area contributed by atoms with Crippen molar-refractivity contribution in [2.45, 2.75) is 5.92 Å². The van der Waals surface area contributed by atoms with Crippen molar-refractivity contribution in [2.75, 3.05) is 10.2 Å². The van der Waals surface area contributed by atoms with Crippen molar-refractivity contribution in [1.82, 2.24) is 0 Å². The molecule has 0 unspecified atom stereocenters. The minimum atomic E-state index is -0.464. The van der Waals surface area contributed by atoms with Gasteiger partial charge in [0, 0.05) is 0 Å². The van der Waals surface area contributed by atoms with Crippen LogP contribution in [0.15, 0.2) is 77.4 Å². The molecule has 2 aromatic carbocycles. The Balaban J connectivity index is 1.99. The Morgan fingerprint density at radius 1 is 0.917 bits per heavy atom. The third kappa shape index (κ3) is 1.79. The normalized spacial score (nSPS) is 18.4. The van der Waals surface area contributed by atoms with Gasteiger partial charge < -0.3 is 11.1 Å². The van der Waals surface area contributed by atoms with Gasteiger partial charge in [0.15, 0.2) is 0 Å². The van der Waals surface area contributed by atoms with E-state index in [0.717, 1.165) is 16.9 Å². The Hall–Kier alpha value is -3.70. The van der Waals surface area contributed by atoms with Crippen molar-refractivity contribution in [3.63, 3.8) is 0 Å². The maximum Gasteiger partial charge on any atom is 0.131 e. The van der Waals surface area contributed by atoms with Crippen LogP contribution in [0, 0.1) is 22.7 Å². The second-order valence-electron chi connectivity index (χ2n) is 5.61. The molecule has 0 amide bonds. The van der Waals surface area contributed by atoms with E-state index >= 15 is 0 Å². The number of hydrogen-bond acceptors (Lipinski definition) is 5. The van der Waals surface area contributed by atoms with E-state index in [0.29, 0.717) is 22.8 Å². The number of fused-ring (bicyclic) bond motifs is 3. The molecule has 0 fully saturated rings. The molecule has 5 heteroatoms. The van der Waals surface area contributed by atoms with Crippen LogP contribution in [-0.4, -0.2) is 0 Å². The highest BCUT2D eigenvalue weighted by atomic mass is 15.3. The third-order valence-electron chi connectivity index (χ3n) is 4.34. The largest absolute Gasteiger partial charge is 0.384 e. The molecular weight excluding hydrogens is 298 g/mol. The average molecular weight is 311 g/mol. The first-order valence-electron chi connectivity index (χ1n) is 7.51. The summed E-state index contributed by atoms with van der Waals surface area (Å²) >= 11 is 0. The minimum Gasteiger partial charge on any atom is -0.384 e. The summed E-state index contributed by atoms with van der Waals surface area (Å²) in [6, 6.07) is 21.6. The first kappa shape index (κ1) is 13.9. The predicted molar refractivity (Wildman–Crippen MR) is 91.2 cm³/mol. The van der Waals surface area contributed by atoms with Crippen LogP contribution in [0.4, 0.5) is 11.4 Å². The molecule has 2 aromatic rings. The zero-order valence-corrected chi connectivity index (χ0v) is 12.7. The fourth-order valence-corrected chi connectivity index (χ4v) is 3.28. The van der Waals surface area contributed by atoms with E-state index in [-0.39, 0.29) is 0 Å². The number of hydrogen-bond donors (Lipinski definition) is 2. The highest BCUT2D eigenvalue weighted by Crippen LogP contribution is 2.47. The lowest BCUT2D eigenvalue weighted by molar-refractivity contribution is 0.868. The number of allylic oxidation sites excluding steroid dienone is 2. The van der Waals surface area contributed by atoms with Gasteiger partial charge >= 0.3 is 0 Å². The van der Waals surface area contributed by atoms with E-state index in [1.807, 2.05) is 54.6 Å². The maximum atomic E-state index is 9.80. The average Bonchev–Trinajstić information content (AvgIpc) is 3.02. The fourth-order valence-electron chi connectivity index (χ4n) is 3.28. The van der Waals surface area contributed by atoms with Gasteiger partial charge in [0.25, 0.3) is 0 Å². The Morgan fingerprint density at radius 3 is 2.29 bits per heavy atom. The minimum absolute atomic E-state index is 0.359. The van der Waals surface area contributed by atoms with Crippen LogP contribution in [0.1, 0.15) is 11.5 Å². The number of para-hydroxylation sites is 2. The van der Waals surface area contributed by atoms with Crippen molar-refractivity contribution in [3.05, 3.63) is 82.9 Å². The molecule has 3 N–H and O–H groups in total. The van der Waals surface area contributed by atoms with Crippen LogP contribution < -0.4 is 16.0 Å². The van der Waals surface area contributed by atoms with Gasteiger partial charge in [0.1, 0.15) is 11.6 Å². The lowest BCUT2D eigenvalue weighted by Gasteiger charge is -2.31.